The second-order valence-electron chi connectivity index (χ2n) is 10.8. The fourth-order valence-electron chi connectivity index (χ4n) is 5.35. The highest BCUT2D eigenvalue weighted by atomic mass is 35.5. The summed E-state index contributed by atoms with van der Waals surface area (Å²) < 4.78 is 6.33. The number of piperazine rings is 1. The number of carbonyl (C=O) groups is 1. The number of hydrogen-bond donors (Lipinski definition) is 1. The molecule has 10 heteroatoms. The van der Waals surface area contributed by atoms with Crippen LogP contribution in [0.25, 0.3) is 11.3 Å². The summed E-state index contributed by atoms with van der Waals surface area (Å²) >= 11 is 12.6. The van der Waals surface area contributed by atoms with Crippen LogP contribution in [0, 0.1) is 12.8 Å². The van der Waals surface area contributed by atoms with Crippen molar-refractivity contribution in [1.29, 1.82) is 0 Å². The number of halogens is 2. The molecule has 0 saturated carbocycles. The summed E-state index contributed by atoms with van der Waals surface area (Å²) in [4.78, 5) is 27.7. The first-order valence-corrected chi connectivity index (χ1v) is 14.5. The molecule has 0 aliphatic carbocycles. The van der Waals surface area contributed by atoms with Crippen LogP contribution in [-0.4, -0.2) is 77.2 Å². The van der Waals surface area contributed by atoms with Crippen molar-refractivity contribution >= 4 is 35.0 Å². The average Bonchev–Trinajstić information content (AvgIpc) is 2.92. The zero-order valence-corrected chi connectivity index (χ0v) is 24.5. The first-order chi connectivity index (χ1) is 19.2. The molecule has 4 heterocycles. The lowest BCUT2D eigenvalue weighted by Crippen LogP contribution is -2.44. The molecule has 0 unspecified atom stereocenters. The number of carboxylic acids is 1. The SMILES string of the molecule is Cc1c(CN2CCC(CC(=O)O)CC2)cc(-c2cc(Cl)cc(Cl)c2)nc1Oc1ccc(N2CCN(C)CC2)nc1. The number of pyridine rings is 2. The van der Waals surface area contributed by atoms with Gasteiger partial charge in [0.25, 0.3) is 0 Å². The molecule has 0 atom stereocenters. The Kier molecular flexibility index (Phi) is 9.10. The predicted octanol–water partition coefficient (Wildman–Crippen LogP) is 5.99. The molecule has 40 heavy (non-hydrogen) atoms. The number of carboxylic acid groups (broad SMARTS) is 1. The van der Waals surface area contributed by atoms with E-state index < -0.39 is 5.97 Å². The Balaban J connectivity index is 1.39. The van der Waals surface area contributed by atoms with Gasteiger partial charge in [0, 0.05) is 60.3 Å². The number of nitrogens with zero attached hydrogens (tertiary/aromatic N) is 5. The van der Waals surface area contributed by atoms with Crippen LogP contribution in [0.4, 0.5) is 5.82 Å². The molecular formula is C30H35Cl2N5O3. The van der Waals surface area contributed by atoms with Crippen LogP contribution in [0.15, 0.2) is 42.6 Å². The molecule has 2 aliphatic heterocycles. The quantitative estimate of drug-likeness (QED) is 0.346. The second-order valence-corrected chi connectivity index (χ2v) is 11.7. The fourth-order valence-corrected chi connectivity index (χ4v) is 5.88. The first kappa shape index (κ1) is 28.6. The van der Waals surface area contributed by atoms with Gasteiger partial charge in [0.05, 0.1) is 11.9 Å². The molecule has 1 N–H and O–H groups in total. The number of ether oxygens (including phenoxy) is 1. The Morgan fingerprint density at radius 2 is 1.73 bits per heavy atom. The molecular weight excluding hydrogens is 549 g/mol. The molecule has 2 fully saturated rings. The topological polar surface area (TPSA) is 82.0 Å². The van der Waals surface area contributed by atoms with Crippen LogP contribution in [0.2, 0.25) is 10.0 Å². The van der Waals surface area contributed by atoms with Crippen molar-refractivity contribution in [2.45, 2.75) is 32.7 Å². The number of aliphatic carboxylic acids is 1. The van der Waals surface area contributed by atoms with Crippen molar-refractivity contribution in [2.24, 2.45) is 5.92 Å². The monoisotopic (exact) mass is 583 g/mol. The number of piperidine rings is 1. The van der Waals surface area contributed by atoms with E-state index in [0.717, 1.165) is 80.3 Å². The third kappa shape index (κ3) is 7.23. The zero-order valence-electron chi connectivity index (χ0n) is 22.9. The highest BCUT2D eigenvalue weighted by molar-refractivity contribution is 6.35. The Labute approximate surface area is 245 Å². The number of likely N-dealkylation sites (N-methyl/N-ethyl adjacent to an activating group) is 1. The van der Waals surface area contributed by atoms with Gasteiger partial charge in [-0.05, 0) is 87.8 Å². The van der Waals surface area contributed by atoms with E-state index in [0.29, 0.717) is 28.2 Å². The van der Waals surface area contributed by atoms with Gasteiger partial charge in [-0.3, -0.25) is 9.69 Å². The Morgan fingerprint density at radius 3 is 2.35 bits per heavy atom. The van der Waals surface area contributed by atoms with E-state index in [-0.39, 0.29) is 12.3 Å². The largest absolute Gasteiger partial charge is 0.481 e. The van der Waals surface area contributed by atoms with Gasteiger partial charge in [0.15, 0.2) is 0 Å². The highest BCUT2D eigenvalue weighted by Crippen LogP contribution is 2.34. The van der Waals surface area contributed by atoms with E-state index in [1.54, 1.807) is 12.3 Å². The van der Waals surface area contributed by atoms with Gasteiger partial charge in [-0.15, -0.1) is 0 Å². The van der Waals surface area contributed by atoms with Crippen LogP contribution in [-0.2, 0) is 11.3 Å². The van der Waals surface area contributed by atoms with Crippen LogP contribution in [0.3, 0.4) is 0 Å². The van der Waals surface area contributed by atoms with E-state index in [1.807, 2.05) is 31.2 Å². The minimum absolute atomic E-state index is 0.233. The molecule has 212 valence electrons. The average molecular weight is 585 g/mol. The molecule has 0 radical (unpaired) electrons. The normalized spacial score (nSPS) is 17.2. The highest BCUT2D eigenvalue weighted by Gasteiger charge is 2.23. The summed E-state index contributed by atoms with van der Waals surface area (Å²) in [6.45, 7) is 8.38. The predicted molar refractivity (Wildman–Crippen MR) is 159 cm³/mol. The fraction of sp³-hybridized carbons (Fsp3) is 0.433. The molecule has 1 aromatic carbocycles. The van der Waals surface area contributed by atoms with Crippen LogP contribution >= 0.6 is 23.2 Å². The molecule has 0 bridgehead atoms. The summed E-state index contributed by atoms with van der Waals surface area (Å²) in [5.74, 6) is 1.59. The molecule has 5 rings (SSSR count). The smallest absolute Gasteiger partial charge is 0.303 e. The van der Waals surface area contributed by atoms with E-state index in [4.69, 9.17) is 38.0 Å². The number of aromatic nitrogens is 2. The van der Waals surface area contributed by atoms with Gasteiger partial charge in [0.1, 0.15) is 11.6 Å². The minimum atomic E-state index is -0.721. The van der Waals surface area contributed by atoms with Gasteiger partial charge >= 0.3 is 5.97 Å². The summed E-state index contributed by atoms with van der Waals surface area (Å²) in [7, 11) is 2.14. The lowest BCUT2D eigenvalue weighted by atomic mass is 9.93. The lowest BCUT2D eigenvalue weighted by molar-refractivity contribution is -0.138. The summed E-state index contributed by atoms with van der Waals surface area (Å²) in [5, 5.41) is 10.2. The van der Waals surface area contributed by atoms with E-state index in [9.17, 15) is 4.79 Å². The molecule has 0 amide bonds. The lowest BCUT2D eigenvalue weighted by Gasteiger charge is -2.33. The van der Waals surface area contributed by atoms with Crippen LogP contribution in [0.5, 0.6) is 11.6 Å². The van der Waals surface area contributed by atoms with Crippen molar-refractivity contribution in [3.8, 4) is 22.9 Å². The van der Waals surface area contributed by atoms with Gasteiger partial charge in [-0.1, -0.05) is 23.2 Å². The maximum absolute atomic E-state index is 11.1. The number of rotatable bonds is 8. The van der Waals surface area contributed by atoms with Gasteiger partial charge in [0.2, 0.25) is 5.88 Å². The number of hydrogen-bond acceptors (Lipinski definition) is 7. The van der Waals surface area contributed by atoms with E-state index in [2.05, 4.69) is 32.8 Å². The molecule has 2 aromatic heterocycles. The summed E-state index contributed by atoms with van der Waals surface area (Å²) in [5.41, 5.74) is 3.58. The third-order valence-electron chi connectivity index (χ3n) is 7.82. The maximum atomic E-state index is 11.1. The van der Waals surface area contributed by atoms with Gasteiger partial charge in [-0.25, -0.2) is 9.97 Å². The first-order valence-electron chi connectivity index (χ1n) is 13.7. The number of benzene rings is 1. The van der Waals surface area contributed by atoms with Crippen molar-refractivity contribution < 1.29 is 14.6 Å². The standard InChI is InChI=1S/C30H35Cl2N5O3/c1-20-23(19-36-7-5-21(6-8-36)13-29(38)39)16-27(22-14-24(31)17-25(32)15-22)34-30(20)40-26-3-4-28(33-18-26)37-11-9-35(2)10-12-37/h3-4,14-18,21H,5-13,19H2,1-2H3,(H,38,39). The maximum Gasteiger partial charge on any atom is 0.303 e. The van der Waals surface area contributed by atoms with Crippen LogP contribution in [0.1, 0.15) is 30.4 Å². The van der Waals surface area contributed by atoms with Gasteiger partial charge in [-0.2, -0.15) is 0 Å². The Bertz CT molecular complexity index is 1320. The van der Waals surface area contributed by atoms with Crippen LogP contribution < -0.4 is 9.64 Å². The Hall–Kier alpha value is -2.91. The van der Waals surface area contributed by atoms with Crippen molar-refractivity contribution in [3.63, 3.8) is 0 Å². The molecule has 3 aromatic rings. The molecule has 8 nitrogen and oxygen atoms in total. The number of likely N-dealkylation sites (tertiary alicyclic amines) is 1. The van der Waals surface area contributed by atoms with Crippen molar-refractivity contribution in [1.82, 2.24) is 19.8 Å². The molecule has 2 aliphatic rings. The minimum Gasteiger partial charge on any atom is -0.481 e. The second kappa shape index (κ2) is 12.7. The Morgan fingerprint density at radius 1 is 1.02 bits per heavy atom. The number of anilines is 1. The van der Waals surface area contributed by atoms with Gasteiger partial charge < -0.3 is 19.6 Å². The van der Waals surface area contributed by atoms with Crippen molar-refractivity contribution in [3.05, 3.63) is 63.8 Å². The van der Waals surface area contributed by atoms with E-state index in [1.165, 1.54) is 0 Å². The summed E-state index contributed by atoms with van der Waals surface area (Å²) in [6.07, 6.45) is 3.75. The summed E-state index contributed by atoms with van der Waals surface area (Å²) in [6, 6.07) is 11.4. The zero-order chi connectivity index (χ0) is 28.2. The molecule has 2 saturated heterocycles. The van der Waals surface area contributed by atoms with Crippen molar-refractivity contribution in [2.75, 3.05) is 51.2 Å². The molecule has 0 spiro atoms. The van der Waals surface area contributed by atoms with E-state index >= 15 is 0 Å². The third-order valence-corrected chi connectivity index (χ3v) is 8.26.